The highest BCUT2D eigenvalue weighted by Gasteiger charge is 2.43. The highest BCUT2D eigenvalue weighted by atomic mass is 35.5. The zero-order valence-corrected chi connectivity index (χ0v) is 12.4. The molecule has 1 amide bonds. The summed E-state index contributed by atoms with van der Waals surface area (Å²) in [5.41, 5.74) is -0.742. The van der Waals surface area contributed by atoms with Crippen molar-refractivity contribution in [3.63, 3.8) is 0 Å². The summed E-state index contributed by atoms with van der Waals surface area (Å²) in [6, 6.07) is 4.87. The van der Waals surface area contributed by atoms with Crippen LogP contribution in [0.1, 0.15) is 12.0 Å². The number of hydrogen-bond acceptors (Lipinski definition) is 3. The Balaban J connectivity index is 2.07. The van der Waals surface area contributed by atoms with Crippen LogP contribution in [0.5, 0.6) is 0 Å². The van der Waals surface area contributed by atoms with Gasteiger partial charge in [-0.25, -0.2) is 4.79 Å². The Morgan fingerprint density at radius 1 is 1.38 bits per heavy atom. The third kappa shape index (κ3) is 3.75. The first kappa shape index (κ1) is 15.8. The molecule has 1 fully saturated rings. The van der Waals surface area contributed by atoms with Crippen LogP contribution in [-0.4, -0.2) is 35.7 Å². The van der Waals surface area contributed by atoms with Crippen molar-refractivity contribution in [2.45, 2.75) is 12.0 Å². The molecule has 1 aromatic carbocycles. The van der Waals surface area contributed by atoms with Crippen LogP contribution in [0.2, 0.25) is 10.0 Å². The lowest BCUT2D eigenvalue weighted by Crippen LogP contribution is -2.54. The number of aliphatic carboxylic acids is 1. The van der Waals surface area contributed by atoms with E-state index in [1.807, 2.05) is 0 Å². The monoisotopic (exact) mass is 329 g/mol. The molecule has 112 valence electrons. The lowest BCUT2D eigenvalue weighted by atomic mass is 9.99. The van der Waals surface area contributed by atoms with Gasteiger partial charge in [0, 0.05) is 29.1 Å². The molecule has 0 spiro atoms. The standard InChI is InChI=1S/C14H13Cl2NO4/c15-10-3-1-9(11(16)7-10)2-4-12(18)17-14(13(19)20)5-6-21-8-14/h1-4,7H,5-6,8H2,(H,17,18)(H,19,20). The van der Waals surface area contributed by atoms with Gasteiger partial charge < -0.3 is 15.2 Å². The Morgan fingerprint density at radius 3 is 2.71 bits per heavy atom. The zero-order chi connectivity index (χ0) is 15.5. The van der Waals surface area contributed by atoms with E-state index in [0.29, 0.717) is 22.2 Å². The van der Waals surface area contributed by atoms with Crippen LogP contribution >= 0.6 is 23.2 Å². The number of halogens is 2. The summed E-state index contributed by atoms with van der Waals surface area (Å²) in [5, 5.41) is 12.6. The van der Waals surface area contributed by atoms with Crippen LogP contribution < -0.4 is 5.32 Å². The molecule has 0 aromatic heterocycles. The highest BCUT2D eigenvalue weighted by molar-refractivity contribution is 6.35. The largest absolute Gasteiger partial charge is 0.479 e. The molecule has 7 heteroatoms. The third-order valence-corrected chi connectivity index (χ3v) is 3.73. The van der Waals surface area contributed by atoms with Crippen molar-refractivity contribution in [2.75, 3.05) is 13.2 Å². The summed E-state index contributed by atoms with van der Waals surface area (Å²) in [4.78, 5) is 23.1. The second-order valence-electron chi connectivity index (χ2n) is 4.68. The van der Waals surface area contributed by atoms with Crippen LogP contribution in [0.3, 0.4) is 0 Å². The zero-order valence-electron chi connectivity index (χ0n) is 10.9. The summed E-state index contributed by atoms with van der Waals surface area (Å²) >= 11 is 11.8. The van der Waals surface area contributed by atoms with E-state index < -0.39 is 17.4 Å². The van der Waals surface area contributed by atoms with E-state index in [-0.39, 0.29) is 13.0 Å². The van der Waals surface area contributed by atoms with E-state index in [1.165, 1.54) is 12.2 Å². The fourth-order valence-electron chi connectivity index (χ4n) is 1.97. The number of nitrogens with one attached hydrogen (secondary N) is 1. The van der Waals surface area contributed by atoms with Crippen molar-refractivity contribution in [1.29, 1.82) is 0 Å². The van der Waals surface area contributed by atoms with E-state index in [4.69, 9.17) is 27.9 Å². The summed E-state index contributed by atoms with van der Waals surface area (Å²) < 4.78 is 5.06. The fourth-order valence-corrected chi connectivity index (χ4v) is 2.44. The maximum Gasteiger partial charge on any atom is 0.331 e. The number of carboxylic acids is 1. The van der Waals surface area contributed by atoms with E-state index in [1.54, 1.807) is 18.2 Å². The number of carboxylic acid groups (broad SMARTS) is 1. The minimum Gasteiger partial charge on any atom is -0.479 e. The number of amides is 1. The van der Waals surface area contributed by atoms with E-state index in [9.17, 15) is 14.7 Å². The van der Waals surface area contributed by atoms with Crippen molar-refractivity contribution in [3.05, 3.63) is 39.9 Å². The lowest BCUT2D eigenvalue weighted by molar-refractivity contribution is -0.147. The normalized spacial score (nSPS) is 21.6. The number of benzene rings is 1. The van der Waals surface area contributed by atoms with Gasteiger partial charge in [-0.05, 0) is 23.8 Å². The minimum absolute atomic E-state index is 0.0381. The molecule has 0 radical (unpaired) electrons. The Morgan fingerprint density at radius 2 is 2.14 bits per heavy atom. The van der Waals surface area contributed by atoms with Crippen LogP contribution in [-0.2, 0) is 14.3 Å². The van der Waals surface area contributed by atoms with Crippen LogP contribution in [0.4, 0.5) is 0 Å². The molecular formula is C14H13Cl2NO4. The molecule has 21 heavy (non-hydrogen) atoms. The number of carbonyl (C=O) groups is 2. The molecule has 1 saturated heterocycles. The van der Waals surface area contributed by atoms with Crippen molar-refractivity contribution in [3.8, 4) is 0 Å². The molecule has 2 N–H and O–H groups in total. The summed E-state index contributed by atoms with van der Waals surface area (Å²) in [5.74, 6) is -1.62. The molecule has 1 aliphatic rings. The minimum atomic E-state index is -1.36. The number of hydrogen-bond donors (Lipinski definition) is 2. The van der Waals surface area contributed by atoms with Gasteiger partial charge in [-0.1, -0.05) is 29.3 Å². The van der Waals surface area contributed by atoms with Gasteiger partial charge in [0.1, 0.15) is 0 Å². The molecule has 0 aliphatic carbocycles. The van der Waals surface area contributed by atoms with Crippen LogP contribution in [0.15, 0.2) is 24.3 Å². The molecule has 1 aromatic rings. The number of rotatable bonds is 4. The average molecular weight is 330 g/mol. The lowest BCUT2D eigenvalue weighted by Gasteiger charge is -2.22. The topological polar surface area (TPSA) is 75.6 Å². The first-order chi connectivity index (χ1) is 9.93. The van der Waals surface area contributed by atoms with Crippen molar-refractivity contribution in [1.82, 2.24) is 5.32 Å². The molecule has 1 atom stereocenters. The molecule has 2 rings (SSSR count). The maximum absolute atomic E-state index is 11.9. The Bertz CT molecular complexity index is 595. The first-order valence-electron chi connectivity index (χ1n) is 6.19. The fraction of sp³-hybridized carbons (Fsp3) is 0.286. The van der Waals surface area contributed by atoms with E-state index >= 15 is 0 Å². The van der Waals surface area contributed by atoms with Gasteiger partial charge in [-0.3, -0.25) is 4.79 Å². The van der Waals surface area contributed by atoms with Gasteiger partial charge in [0.25, 0.3) is 0 Å². The SMILES string of the molecule is O=C(C=Cc1ccc(Cl)cc1Cl)NC1(C(=O)O)CCOC1. The van der Waals surface area contributed by atoms with Gasteiger partial charge in [-0.15, -0.1) is 0 Å². The highest BCUT2D eigenvalue weighted by Crippen LogP contribution is 2.22. The Labute approximate surface area is 131 Å². The number of carbonyl (C=O) groups excluding carboxylic acids is 1. The second-order valence-corrected chi connectivity index (χ2v) is 5.52. The molecule has 5 nitrogen and oxygen atoms in total. The van der Waals surface area contributed by atoms with Crippen molar-refractivity contribution < 1.29 is 19.4 Å². The van der Waals surface area contributed by atoms with Gasteiger partial charge in [0.15, 0.2) is 5.54 Å². The molecule has 1 heterocycles. The van der Waals surface area contributed by atoms with Crippen molar-refractivity contribution in [2.24, 2.45) is 0 Å². The van der Waals surface area contributed by atoms with Gasteiger partial charge in [0.2, 0.25) is 5.91 Å². The van der Waals surface area contributed by atoms with Gasteiger partial charge in [0.05, 0.1) is 6.61 Å². The Hall–Kier alpha value is -1.56. The van der Waals surface area contributed by atoms with E-state index in [0.717, 1.165) is 0 Å². The smallest absolute Gasteiger partial charge is 0.331 e. The summed E-state index contributed by atoms with van der Waals surface area (Å²) in [6.07, 6.45) is 2.97. The third-order valence-electron chi connectivity index (χ3n) is 3.17. The molecule has 0 saturated carbocycles. The van der Waals surface area contributed by atoms with Crippen LogP contribution in [0, 0.1) is 0 Å². The predicted octanol–water partition coefficient (Wildman–Crippen LogP) is 2.37. The Kier molecular flexibility index (Phi) is 4.88. The van der Waals surface area contributed by atoms with Gasteiger partial charge in [-0.2, -0.15) is 0 Å². The average Bonchev–Trinajstić information content (AvgIpc) is 2.87. The summed E-state index contributed by atoms with van der Waals surface area (Å²) in [6.45, 7) is 0.267. The van der Waals surface area contributed by atoms with E-state index in [2.05, 4.69) is 5.32 Å². The van der Waals surface area contributed by atoms with Gasteiger partial charge >= 0.3 is 5.97 Å². The summed E-state index contributed by atoms with van der Waals surface area (Å²) in [7, 11) is 0. The number of ether oxygens (including phenoxy) is 1. The van der Waals surface area contributed by atoms with Crippen molar-refractivity contribution >= 4 is 41.2 Å². The molecule has 1 aliphatic heterocycles. The first-order valence-corrected chi connectivity index (χ1v) is 6.95. The molecule has 0 bridgehead atoms. The molecular weight excluding hydrogens is 317 g/mol. The van der Waals surface area contributed by atoms with Crippen LogP contribution in [0.25, 0.3) is 6.08 Å². The maximum atomic E-state index is 11.9. The quantitative estimate of drug-likeness (QED) is 0.831. The predicted molar refractivity (Wildman–Crippen MR) is 79.4 cm³/mol. The molecule has 1 unspecified atom stereocenters. The second kappa shape index (κ2) is 6.47.